The summed E-state index contributed by atoms with van der Waals surface area (Å²) in [7, 11) is -1.63. The maximum Gasteiger partial charge on any atom is 0.254 e. The molecule has 2 saturated heterocycles. The number of piperidine rings is 1. The number of hydrogen-bond donors (Lipinski definition) is 0. The van der Waals surface area contributed by atoms with Gasteiger partial charge in [-0.3, -0.25) is 9.59 Å². The summed E-state index contributed by atoms with van der Waals surface area (Å²) in [6, 6.07) is 8.92. The maximum atomic E-state index is 13.6. The second-order valence-electron chi connectivity index (χ2n) is 9.28. The molecule has 0 bridgehead atoms. The molecule has 0 radical (unpaired) electrons. The zero-order valence-corrected chi connectivity index (χ0v) is 19.3. The van der Waals surface area contributed by atoms with Gasteiger partial charge in [0.15, 0.2) is 0 Å². The van der Waals surface area contributed by atoms with Crippen molar-refractivity contribution in [1.29, 1.82) is 0 Å². The van der Waals surface area contributed by atoms with Crippen molar-refractivity contribution in [2.24, 2.45) is 5.92 Å². The van der Waals surface area contributed by atoms with Crippen LogP contribution in [0.15, 0.2) is 30.3 Å². The average Bonchev–Trinajstić information content (AvgIpc) is 3.17. The van der Waals surface area contributed by atoms with Crippen LogP contribution in [0.3, 0.4) is 0 Å². The summed E-state index contributed by atoms with van der Waals surface area (Å²) in [6.45, 7) is 1.06. The summed E-state index contributed by atoms with van der Waals surface area (Å²) in [6.07, 6.45) is 7.52. The largest absolute Gasteiger partial charge is 0.341 e. The Hall–Kier alpha value is -1.93. The van der Waals surface area contributed by atoms with E-state index in [0.717, 1.165) is 25.7 Å². The smallest absolute Gasteiger partial charge is 0.254 e. The van der Waals surface area contributed by atoms with E-state index in [1.165, 1.54) is 17.0 Å². The Bertz CT molecular complexity index is 912. The third-order valence-electron chi connectivity index (χ3n) is 7.44. The Kier molecular flexibility index (Phi) is 6.40. The van der Waals surface area contributed by atoms with Crippen LogP contribution in [-0.2, 0) is 14.8 Å². The Morgan fingerprint density at radius 2 is 1.65 bits per heavy atom. The molecule has 2 heterocycles. The zero-order valence-electron chi connectivity index (χ0n) is 18.4. The van der Waals surface area contributed by atoms with E-state index in [2.05, 4.69) is 0 Å². The van der Waals surface area contributed by atoms with Crippen molar-refractivity contribution in [1.82, 2.24) is 14.1 Å². The summed E-state index contributed by atoms with van der Waals surface area (Å²) in [5, 5.41) is 0. The number of sulfonamides is 1. The van der Waals surface area contributed by atoms with Crippen LogP contribution in [0, 0.1) is 5.92 Å². The van der Waals surface area contributed by atoms with E-state index in [1.54, 1.807) is 7.05 Å². The van der Waals surface area contributed by atoms with E-state index in [0.29, 0.717) is 37.4 Å². The lowest BCUT2D eigenvalue weighted by atomic mass is 9.84. The molecule has 1 saturated carbocycles. The number of rotatable bonds is 4. The van der Waals surface area contributed by atoms with Gasteiger partial charge in [-0.1, -0.05) is 31.0 Å². The molecule has 8 heteroatoms. The minimum absolute atomic E-state index is 0.0270. The molecule has 3 unspecified atom stereocenters. The van der Waals surface area contributed by atoms with Crippen LogP contribution in [-0.4, -0.2) is 78.9 Å². The lowest BCUT2D eigenvalue weighted by molar-refractivity contribution is -0.137. The lowest BCUT2D eigenvalue weighted by Crippen LogP contribution is -2.54. The molecule has 31 heavy (non-hydrogen) atoms. The van der Waals surface area contributed by atoms with Gasteiger partial charge < -0.3 is 9.80 Å². The SMILES string of the molecule is CN(C1CCN(C(=O)C2CC3CCCCC3N2C(=O)c2ccccc2)CC1)S(C)(=O)=O. The normalized spacial score (nSPS) is 27.4. The van der Waals surface area contributed by atoms with Gasteiger partial charge >= 0.3 is 0 Å². The maximum absolute atomic E-state index is 13.6. The highest BCUT2D eigenvalue weighted by atomic mass is 32.2. The van der Waals surface area contributed by atoms with E-state index in [4.69, 9.17) is 0 Å². The average molecular weight is 448 g/mol. The summed E-state index contributed by atoms with van der Waals surface area (Å²) in [5.74, 6) is 0.378. The van der Waals surface area contributed by atoms with Gasteiger partial charge in [-0.25, -0.2) is 12.7 Å². The summed E-state index contributed by atoms with van der Waals surface area (Å²) in [4.78, 5) is 30.7. The van der Waals surface area contributed by atoms with Crippen molar-refractivity contribution in [2.75, 3.05) is 26.4 Å². The monoisotopic (exact) mass is 447 g/mol. The fourth-order valence-electron chi connectivity index (χ4n) is 5.63. The second-order valence-corrected chi connectivity index (χ2v) is 11.3. The fourth-order valence-corrected chi connectivity index (χ4v) is 6.39. The van der Waals surface area contributed by atoms with Crippen LogP contribution >= 0.6 is 0 Å². The number of benzene rings is 1. The molecule has 7 nitrogen and oxygen atoms in total. The Morgan fingerprint density at radius 1 is 1.00 bits per heavy atom. The number of amides is 2. The molecule has 0 N–H and O–H groups in total. The third kappa shape index (κ3) is 4.51. The fraction of sp³-hybridized carbons (Fsp3) is 0.652. The highest BCUT2D eigenvalue weighted by Gasteiger charge is 2.48. The van der Waals surface area contributed by atoms with Gasteiger partial charge in [0, 0.05) is 37.8 Å². The lowest BCUT2D eigenvalue weighted by Gasteiger charge is -2.39. The molecule has 0 spiro atoms. The van der Waals surface area contributed by atoms with E-state index in [9.17, 15) is 18.0 Å². The summed E-state index contributed by atoms with van der Waals surface area (Å²) in [5.41, 5.74) is 0.639. The highest BCUT2D eigenvalue weighted by molar-refractivity contribution is 7.88. The predicted molar refractivity (Wildman–Crippen MR) is 119 cm³/mol. The number of carbonyl (C=O) groups is 2. The van der Waals surface area contributed by atoms with Crippen LogP contribution in [0.2, 0.25) is 0 Å². The quantitative estimate of drug-likeness (QED) is 0.710. The van der Waals surface area contributed by atoms with E-state index in [1.807, 2.05) is 40.1 Å². The van der Waals surface area contributed by atoms with Crippen LogP contribution < -0.4 is 0 Å². The van der Waals surface area contributed by atoms with Crippen molar-refractivity contribution >= 4 is 21.8 Å². The number of likely N-dealkylation sites (tertiary alicyclic amines) is 2. The first-order chi connectivity index (χ1) is 14.8. The van der Waals surface area contributed by atoms with Crippen molar-refractivity contribution in [3.63, 3.8) is 0 Å². The van der Waals surface area contributed by atoms with Gasteiger partial charge in [-0.05, 0) is 50.2 Å². The standard InChI is InChI=1S/C23H33N3O4S/c1-24(31(2,29)30)19-12-14-25(15-13-19)23(28)21-16-18-10-6-7-11-20(18)26(21)22(27)17-8-4-3-5-9-17/h3-5,8-9,18-21H,6-7,10-16H2,1-2H3. The minimum Gasteiger partial charge on any atom is -0.341 e. The molecule has 1 aromatic carbocycles. The molecule has 2 aliphatic heterocycles. The van der Waals surface area contributed by atoms with E-state index in [-0.39, 0.29) is 23.9 Å². The van der Waals surface area contributed by atoms with Gasteiger partial charge in [-0.2, -0.15) is 0 Å². The van der Waals surface area contributed by atoms with E-state index < -0.39 is 16.1 Å². The molecule has 3 atom stereocenters. The van der Waals surface area contributed by atoms with Crippen LogP contribution in [0.5, 0.6) is 0 Å². The van der Waals surface area contributed by atoms with E-state index >= 15 is 0 Å². The van der Waals surface area contributed by atoms with Gasteiger partial charge in [0.2, 0.25) is 15.9 Å². The van der Waals surface area contributed by atoms with Gasteiger partial charge in [0.25, 0.3) is 5.91 Å². The Balaban J connectivity index is 1.50. The third-order valence-corrected chi connectivity index (χ3v) is 8.79. The molecule has 2 amide bonds. The Labute approximate surface area is 185 Å². The van der Waals surface area contributed by atoms with Crippen molar-refractivity contribution in [2.45, 2.75) is 63.1 Å². The highest BCUT2D eigenvalue weighted by Crippen LogP contribution is 2.41. The number of fused-ring (bicyclic) bond motifs is 1. The molecule has 1 aromatic rings. The molecule has 4 rings (SSSR count). The van der Waals surface area contributed by atoms with Gasteiger partial charge in [-0.15, -0.1) is 0 Å². The predicted octanol–water partition coefficient (Wildman–Crippen LogP) is 2.34. The van der Waals surface area contributed by atoms with Crippen LogP contribution in [0.25, 0.3) is 0 Å². The first-order valence-electron chi connectivity index (χ1n) is 11.4. The van der Waals surface area contributed by atoms with Crippen molar-refractivity contribution < 1.29 is 18.0 Å². The minimum atomic E-state index is -3.24. The first-order valence-corrected chi connectivity index (χ1v) is 13.2. The molecule has 0 aromatic heterocycles. The zero-order chi connectivity index (χ0) is 22.2. The van der Waals surface area contributed by atoms with Crippen LogP contribution in [0.1, 0.15) is 55.3 Å². The number of nitrogens with zero attached hydrogens (tertiary/aromatic N) is 3. The molecule has 1 aliphatic carbocycles. The number of carbonyl (C=O) groups excluding carboxylic acids is 2. The van der Waals surface area contributed by atoms with Crippen molar-refractivity contribution in [3.05, 3.63) is 35.9 Å². The Morgan fingerprint density at radius 3 is 2.29 bits per heavy atom. The second kappa shape index (κ2) is 8.90. The molecule has 170 valence electrons. The van der Waals surface area contributed by atoms with Crippen molar-refractivity contribution in [3.8, 4) is 0 Å². The molecular weight excluding hydrogens is 414 g/mol. The topological polar surface area (TPSA) is 78.0 Å². The summed E-state index contributed by atoms with van der Waals surface area (Å²) >= 11 is 0. The molecule has 3 aliphatic rings. The first kappa shape index (κ1) is 22.3. The molecule has 3 fully saturated rings. The molecular formula is C23H33N3O4S. The van der Waals surface area contributed by atoms with Crippen LogP contribution in [0.4, 0.5) is 0 Å². The van der Waals surface area contributed by atoms with Gasteiger partial charge in [0.1, 0.15) is 6.04 Å². The van der Waals surface area contributed by atoms with Gasteiger partial charge in [0.05, 0.1) is 6.26 Å². The summed E-state index contributed by atoms with van der Waals surface area (Å²) < 4.78 is 25.1. The number of hydrogen-bond acceptors (Lipinski definition) is 4.